The Balaban J connectivity index is 1.72. The van der Waals surface area contributed by atoms with Crippen LogP contribution < -0.4 is 14.8 Å². The molecule has 7 heteroatoms. The molecule has 0 radical (unpaired) electrons. The van der Waals surface area contributed by atoms with Crippen LogP contribution in [0.5, 0.6) is 11.5 Å². The van der Waals surface area contributed by atoms with Crippen LogP contribution in [0, 0.1) is 5.82 Å². The summed E-state index contributed by atoms with van der Waals surface area (Å²) in [5.41, 5.74) is 3.41. The number of guanidine groups is 1. The quantitative estimate of drug-likeness (QED) is 0.582. The predicted octanol–water partition coefficient (Wildman–Crippen LogP) is 3.08. The Morgan fingerprint density at radius 1 is 1.17 bits per heavy atom. The molecule has 0 fully saturated rings. The lowest BCUT2D eigenvalue weighted by atomic mass is 9.99. The van der Waals surface area contributed by atoms with Crippen molar-refractivity contribution >= 4 is 5.96 Å². The van der Waals surface area contributed by atoms with Crippen LogP contribution in [0.15, 0.2) is 41.4 Å². The molecule has 162 valence electrons. The van der Waals surface area contributed by atoms with E-state index in [-0.39, 0.29) is 11.9 Å². The lowest BCUT2D eigenvalue weighted by molar-refractivity contribution is 0.291. The fourth-order valence-electron chi connectivity index (χ4n) is 3.90. The van der Waals surface area contributed by atoms with E-state index in [4.69, 9.17) is 9.47 Å². The van der Waals surface area contributed by atoms with E-state index in [2.05, 4.69) is 26.2 Å². The number of methoxy groups -OCH3 is 2. The Morgan fingerprint density at radius 2 is 1.87 bits per heavy atom. The summed E-state index contributed by atoms with van der Waals surface area (Å²) in [4.78, 5) is 8.80. The molecule has 1 heterocycles. The van der Waals surface area contributed by atoms with E-state index < -0.39 is 0 Å². The van der Waals surface area contributed by atoms with Gasteiger partial charge in [-0.3, -0.25) is 4.99 Å². The first kappa shape index (κ1) is 21.9. The third-order valence-electron chi connectivity index (χ3n) is 5.54. The van der Waals surface area contributed by atoms with Crippen molar-refractivity contribution in [2.24, 2.45) is 4.99 Å². The number of rotatable bonds is 6. The van der Waals surface area contributed by atoms with Gasteiger partial charge in [-0.2, -0.15) is 0 Å². The average molecular weight is 415 g/mol. The number of hydrogen-bond donors (Lipinski definition) is 1. The number of fused-ring (bicyclic) bond motifs is 1. The molecule has 1 atom stereocenters. The lowest BCUT2D eigenvalue weighted by Crippen LogP contribution is -2.46. The minimum absolute atomic E-state index is 0.0267. The molecule has 2 aromatic carbocycles. The maximum atomic E-state index is 13.7. The molecule has 0 amide bonds. The second-order valence-electron chi connectivity index (χ2n) is 7.61. The fraction of sp³-hybridized carbons (Fsp3) is 0.435. The summed E-state index contributed by atoms with van der Waals surface area (Å²) in [6.45, 7) is 2.22. The molecule has 6 nitrogen and oxygen atoms in total. The van der Waals surface area contributed by atoms with Crippen LogP contribution in [0.25, 0.3) is 0 Å². The molecule has 1 N–H and O–H groups in total. The van der Waals surface area contributed by atoms with Crippen molar-refractivity contribution in [3.8, 4) is 11.5 Å². The fourth-order valence-corrected chi connectivity index (χ4v) is 3.90. The van der Waals surface area contributed by atoms with E-state index in [9.17, 15) is 4.39 Å². The summed E-state index contributed by atoms with van der Waals surface area (Å²) in [5.74, 6) is 2.11. The van der Waals surface area contributed by atoms with Gasteiger partial charge in [0.2, 0.25) is 0 Å². The third-order valence-corrected chi connectivity index (χ3v) is 5.54. The highest BCUT2D eigenvalue weighted by molar-refractivity contribution is 5.80. The second kappa shape index (κ2) is 9.80. The third kappa shape index (κ3) is 4.84. The Morgan fingerprint density at radius 3 is 2.47 bits per heavy atom. The van der Waals surface area contributed by atoms with Crippen LogP contribution >= 0.6 is 0 Å². The molecule has 0 saturated heterocycles. The highest BCUT2D eigenvalue weighted by atomic mass is 19.1. The zero-order valence-electron chi connectivity index (χ0n) is 18.4. The molecule has 30 heavy (non-hydrogen) atoms. The molecule has 3 rings (SSSR count). The first-order valence-electron chi connectivity index (χ1n) is 10.1. The van der Waals surface area contributed by atoms with Crippen molar-refractivity contribution in [1.82, 2.24) is 15.1 Å². The van der Waals surface area contributed by atoms with Crippen molar-refractivity contribution in [2.45, 2.75) is 19.0 Å². The Kier molecular flexibility index (Phi) is 7.15. The van der Waals surface area contributed by atoms with Crippen molar-refractivity contribution in [3.63, 3.8) is 0 Å². The number of benzene rings is 2. The van der Waals surface area contributed by atoms with Gasteiger partial charge in [0.05, 0.1) is 20.3 Å². The van der Waals surface area contributed by atoms with Gasteiger partial charge in [0.15, 0.2) is 17.5 Å². The van der Waals surface area contributed by atoms with Gasteiger partial charge in [-0.05, 0) is 61.5 Å². The summed E-state index contributed by atoms with van der Waals surface area (Å²) >= 11 is 0. The smallest absolute Gasteiger partial charge is 0.194 e. The average Bonchev–Trinajstić information content (AvgIpc) is 2.75. The van der Waals surface area contributed by atoms with E-state index >= 15 is 0 Å². The number of ether oxygens (including phenoxy) is 2. The van der Waals surface area contributed by atoms with Gasteiger partial charge >= 0.3 is 0 Å². The van der Waals surface area contributed by atoms with Gasteiger partial charge in [-0.25, -0.2) is 4.39 Å². The molecule has 0 spiro atoms. The van der Waals surface area contributed by atoms with Gasteiger partial charge in [-0.1, -0.05) is 12.1 Å². The summed E-state index contributed by atoms with van der Waals surface area (Å²) in [6, 6.07) is 10.9. The van der Waals surface area contributed by atoms with Crippen LogP contribution in [-0.2, 0) is 13.0 Å². The van der Waals surface area contributed by atoms with E-state index in [0.717, 1.165) is 42.5 Å². The van der Waals surface area contributed by atoms with Crippen LogP contribution in [0.3, 0.4) is 0 Å². The van der Waals surface area contributed by atoms with Gasteiger partial charge in [0, 0.05) is 26.7 Å². The molecule has 1 unspecified atom stereocenters. The molecule has 0 bridgehead atoms. The SMILES string of the molecule is CN=C(NCC(c1cccc(F)c1)N(C)C)N1CCc2cc(OC)c(OC)cc2C1. The first-order valence-corrected chi connectivity index (χ1v) is 10.1. The van der Waals surface area contributed by atoms with Crippen molar-refractivity contribution in [3.05, 3.63) is 58.9 Å². The summed E-state index contributed by atoms with van der Waals surface area (Å²) in [6.07, 6.45) is 0.900. The molecule has 1 aliphatic heterocycles. The summed E-state index contributed by atoms with van der Waals surface area (Å²) in [7, 11) is 9.09. The number of hydrogen-bond acceptors (Lipinski definition) is 4. The lowest BCUT2D eigenvalue weighted by Gasteiger charge is -2.33. The highest BCUT2D eigenvalue weighted by Crippen LogP contribution is 2.33. The topological polar surface area (TPSA) is 49.3 Å². The van der Waals surface area contributed by atoms with Crippen LogP contribution in [0.1, 0.15) is 22.7 Å². The molecule has 0 aromatic heterocycles. The van der Waals surface area contributed by atoms with Crippen LogP contribution in [-0.4, -0.2) is 64.2 Å². The first-order chi connectivity index (χ1) is 14.5. The molecular formula is C23H31FN4O2. The van der Waals surface area contributed by atoms with E-state index in [1.807, 2.05) is 26.2 Å². The maximum absolute atomic E-state index is 13.7. The normalized spacial score (nSPS) is 15.0. The van der Waals surface area contributed by atoms with E-state index in [1.165, 1.54) is 17.2 Å². The van der Waals surface area contributed by atoms with E-state index in [0.29, 0.717) is 6.54 Å². The van der Waals surface area contributed by atoms with Crippen molar-refractivity contribution < 1.29 is 13.9 Å². The Labute approximate surface area is 178 Å². The van der Waals surface area contributed by atoms with Crippen molar-refractivity contribution in [2.75, 3.05) is 48.5 Å². The number of nitrogens with one attached hydrogen (secondary N) is 1. The monoisotopic (exact) mass is 414 g/mol. The number of halogens is 1. The predicted molar refractivity (Wildman–Crippen MR) is 118 cm³/mol. The summed E-state index contributed by atoms with van der Waals surface area (Å²) in [5, 5.41) is 3.48. The van der Waals surface area contributed by atoms with Gasteiger partial charge < -0.3 is 24.6 Å². The zero-order valence-corrected chi connectivity index (χ0v) is 18.4. The van der Waals surface area contributed by atoms with Crippen LogP contribution in [0.4, 0.5) is 4.39 Å². The largest absolute Gasteiger partial charge is 0.493 e. The van der Waals surface area contributed by atoms with Gasteiger partial charge in [0.1, 0.15) is 5.82 Å². The standard InChI is InChI=1S/C23H31FN4O2/c1-25-23(26-14-20(27(2)3)17-7-6-8-19(24)11-17)28-10-9-16-12-21(29-4)22(30-5)13-18(16)15-28/h6-8,11-13,20H,9-10,14-15H2,1-5H3,(H,25,26). The van der Waals surface area contributed by atoms with Crippen molar-refractivity contribution in [1.29, 1.82) is 0 Å². The second-order valence-corrected chi connectivity index (χ2v) is 7.61. The Bertz CT molecular complexity index is 901. The minimum Gasteiger partial charge on any atom is -0.493 e. The van der Waals surface area contributed by atoms with Gasteiger partial charge in [0.25, 0.3) is 0 Å². The minimum atomic E-state index is -0.222. The van der Waals surface area contributed by atoms with Crippen LogP contribution in [0.2, 0.25) is 0 Å². The molecule has 0 saturated carbocycles. The number of aliphatic imine (C=N–C) groups is 1. The molecule has 0 aliphatic carbocycles. The maximum Gasteiger partial charge on any atom is 0.194 e. The van der Waals surface area contributed by atoms with E-state index in [1.54, 1.807) is 33.4 Å². The highest BCUT2D eigenvalue weighted by Gasteiger charge is 2.23. The summed E-state index contributed by atoms with van der Waals surface area (Å²) < 4.78 is 24.6. The Hall–Kier alpha value is -2.80. The molecular weight excluding hydrogens is 383 g/mol. The molecule has 1 aliphatic rings. The molecule has 2 aromatic rings. The van der Waals surface area contributed by atoms with Gasteiger partial charge in [-0.15, -0.1) is 0 Å². The zero-order chi connectivity index (χ0) is 21.7. The number of nitrogens with zero attached hydrogens (tertiary/aromatic N) is 3. The number of likely N-dealkylation sites (N-methyl/N-ethyl adjacent to an activating group) is 1.